The Morgan fingerprint density at radius 2 is 1.71 bits per heavy atom. The van der Waals surface area contributed by atoms with E-state index in [2.05, 4.69) is 66.8 Å². The molecule has 0 heterocycles. The second-order valence-electron chi connectivity index (χ2n) is 9.46. The van der Waals surface area contributed by atoms with Crippen molar-refractivity contribution in [3.8, 4) is 0 Å². The number of hydrogen-bond acceptors (Lipinski definition) is 2. The maximum atomic E-state index is 12.9. The van der Waals surface area contributed by atoms with Crippen LogP contribution < -0.4 is 0 Å². The zero-order valence-corrected chi connectivity index (χ0v) is 16.1. The van der Waals surface area contributed by atoms with Gasteiger partial charge in [-0.1, -0.05) is 53.7 Å². The fourth-order valence-electron chi connectivity index (χ4n) is 4.92. The Labute approximate surface area is 132 Å². The maximum absolute atomic E-state index is 12.9. The van der Waals surface area contributed by atoms with Crippen molar-refractivity contribution in [1.29, 1.82) is 0 Å². The van der Waals surface area contributed by atoms with Crippen LogP contribution in [0.1, 0.15) is 48.0 Å². The third-order valence-electron chi connectivity index (χ3n) is 5.25. The largest absolute Gasteiger partial charge is 0.522 e. The van der Waals surface area contributed by atoms with Gasteiger partial charge in [0.1, 0.15) is 0 Å². The highest BCUT2D eigenvalue weighted by molar-refractivity contribution is 6.50. The molecule has 2 bridgehead atoms. The fraction of sp³-hybridized carbons (Fsp3) is 0.833. The molecule has 0 saturated heterocycles. The summed E-state index contributed by atoms with van der Waals surface area (Å²) in [4.78, 5) is 12.9. The first-order chi connectivity index (χ1) is 9.39. The predicted octanol–water partition coefficient (Wildman–Crippen LogP) is 4.41. The minimum absolute atomic E-state index is 0.0505. The van der Waals surface area contributed by atoms with Gasteiger partial charge in [0.25, 0.3) is 0 Å². The number of carbonyl (C=O) groups excluding carboxylic acids is 1. The molecule has 21 heavy (non-hydrogen) atoms. The second-order valence-corrected chi connectivity index (χ2v) is 11.8. The van der Waals surface area contributed by atoms with Gasteiger partial charge in [-0.3, -0.25) is 4.79 Å². The molecular formula is C18H32O2Si. The van der Waals surface area contributed by atoms with Gasteiger partial charge >= 0.3 is 5.97 Å². The van der Waals surface area contributed by atoms with E-state index in [1.807, 2.05) is 0 Å². The van der Waals surface area contributed by atoms with Crippen molar-refractivity contribution in [1.82, 2.24) is 0 Å². The van der Waals surface area contributed by atoms with Crippen LogP contribution in [-0.2, 0) is 9.22 Å². The van der Waals surface area contributed by atoms with E-state index in [0.29, 0.717) is 17.8 Å². The standard InChI is InChI=1S/C18H32O2Si/c1-16(2,3)13-12-9-10-18(11-12,14(13)17(4,5)6)15(19)20-21(7)8/h9-10,12-14,21H,11H2,1-8H3. The highest BCUT2D eigenvalue weighted by atomic mass is 28.3. The van der Waals surface area contributed by atoms with Crippen molar-refractivity contribution in [3.05, 3.63) is 12.2 Å². The third kappa shape index (κ3) is 2.74. The molecule has 2 rings (SSSR count). The molecule has 120 valence electrons. The lowest BCUT2D eigenvalue weighted by atomic mass is 9.56. The van der Waals surface area contributed by atoms with Crippen LogP contribution in [0.3, 0.4) is 0 Å². The van der Waals surface area contributed by atoms with Gasteiger partial charge in [-0.2, -0.15) is 0 Å². The number of allylic oxidation sites excluding steroid dienone is 1. The Bertz CT molecular complexity index is 453. The molecule has 0 radical (unpaired) electrons. The fourth-order valence-corrected chi connectivity index (χ4v) is 5.57. The second kappa shape index (κ2) is 4.97. The van der Waals surface area contributed by atoms with Crippen LogP contribution in [0.2, 0.25) is 13.1 Å². The highest BCUT2D eigenvalue weighted by Gasteiger charge is 2.64. The molecular weight excluding hydrogens is 276 g/mol. The molecule has 0 aromatic rings. The summed E-state index contributed by atoms with van der Waals surface area (Å²) < 4.78 is 5.79. The number of hydrogen-bond donors (Lipinski definition) is 0. The Balaban J connectivity index is 2.47. The molecule has 1 saturated carbocycles. The van der Waals surface area contributed by atoms with Crippen molar-refractivity contribution < 1.29 is 9.22 Å². The summed E-state index contributed by atoms with van der Waals surface area (Å²) in [7, 11) is -1.35. The van der Waals surface area contributed by atoms with Gasteiger partial charge in [0.2, 0.25) is 9.04 Å². The first kappa shape index (κ1) is 16.8. The molecule has 3 heteroatoms. The number of carbonyl (C=O) groups is 1. The predicted molar refractivity (Wildman–Crippen MR) is 90.5 cm³/mol. The van der Waals surface area contributed by atoms with Crippen molar-refractivity contribution in [2.75, 3.05) is 0 Å². The van der Waals surface area contributed by atoms with Crippen LogP contribution in [0.25, 0.3) is 0 Å². The molecule has 2 aliphatic carbocycles. The molecule has 0 amide bonds. The van der Waals surface area contributed by atoms with Gasteiger partial charge in [0.15, 0.2) is 0 Å². The van der Waals surface area contributed by atoms with E-state index >= 15 is 0 Å². The summed E-state index contributed by atoms with van der Waals surface area (Å²) in [6.07, 6.45) is 5.44. The number of rotatable bonds is 2. The minimum Gasteiger partial charge on any atom is -0.522 e. The first-order valence-corrected chi connectivity index (χ1v) is 11.1. The van der Waals surface area contributed by atoms with Crippen LogP contribution in [0.4, 0.5) is 0 Å². The molecule has 0 N–H and O–H groups in total. The lowest BCUT2D eigenvalue weighted by Gasteiger charge is -2.48. The summed E-state index contributed by atoms with van der Waals surface area (Å²) in [6.45, 7) is 18.0. The monoisotopic (exact) mass is 308 g/mol. The van der Waals surface area contributed by atoms with Crippen molar-refractivity contribution >= 4 is 15.0 Å². The quantitative estimate of drug-likeness (QED) is 0.558. The lowest BCUT2D eigenvalue weighted by molar-refractivity contribution is -0.149. The molecule has 0 aromatic carbocycles. The lowest BCUT2D eigenvalue weighted by Crippen LogP contribution is -2.47. The van der Waals surface area contributed by atoms with Crippen molar-refractivity contribution in [2.24, 2.45) is 34.0 Å². The summed E-state index contributed by atoms with van der Waals surface area (Å²) in [6, 6.07) is 0. The summed E-state index contributed by atoms with van der Waals surface area (Å²) in [5, 5.41) is 0. The van der Waals surface area contributed by atoms with Crippen LogP contribution in [0.15, 0.2) is 12.2 Å². The molecule has 1 fully saturated rings. The van der Waals surface area contributed by atoms with E-state index in [1.165, 1.54) is 0 Å². The molecule has 0 spiro atoms. The van der Waals surface area contributed by atoms with E-state index in [9.17, 15) is 4.79 Å². The molecule has 2 nitrogen and oxygen atoms in total. The molecule has 2 aliphatic rings. The van der Waals surface area contributed by atoms with Crippen molar-refractivity contribution in [3.63, 3.8) is 0 Å². The normalized spacial score (nSPS) is 35.6. The van der Waals surface area contributed by atoms with Gasteiger partial charge in [0, 0.05) is 0 Å². The van der Waals surface area contributed by atoms with E-state index in [0.717, 1.165) is 6.42 Å². The average Bonchev–Trinajstić information content (AvgIpc) is 2.81. The van der Waals surface area contributed by atoms with Crippen LogP contribution in [0.5, 0.6) is 0 Å². The summed E-state index contributed by atoms with van der Waals surface area (Å²) in [5.74, 6) is 1.48. The summed E-state index contributed by atoms with van der Waals surface area (Å²) in [5.41, 5.74) is -0.0577. The van der Waals surface area contributed by atoms with Crippen LogP contribution >= 0.6 is 0 Å². The Kier molecular flexibility index (Phi) is 3.97. The van der Waals surface area contributed by atoms with E-state index in [4.69, 9.17) is 4.43 Å². The number of fused-ring (bicyclic) bond motifs is 2. The van der Waals surface area contributed by atoms with E-state index in [1.54, 1.807) is 0 Å². The highest BCUT2D eigenvalue weighted by Crippen LogP contribution is 2.66. The zero-order valence-electron chi connectivity index (χ0n) is 15.0. The van der Waals surface area contributed by atoms with Gasteiger partial charge in [-0.25, -0.2) is 0 Å². The maximum Gasteiger partial charge on any atom is 0.302 e. The topological polar surface area (TPSA) is 26.3 Å². The van der Waals surface area contributed by atoms with Gasteiger partial charge in [0.05, 0.1) is 5.41 Å². The van der Waals surface area contributed by atoms with Crippen LogP contribution in [0, 0.1) is 34.0 Å². The molecule has 0 aliphatic heterocycles. The van der Waals surface area contributed by atoms with Crippen LogP contribution in [-0.4, -0.2) is 15.0 Å². The Morgan fingerprint density at radius 3 is 2.14 bits per heavy atom. The third-order valence-corrected chi connectivity index (χ3v) is 5.93. The Morgan fingerprint density at radius 1 is 1.14 bits per heavy atom. The first-order valence-electron chi connectivity index (χ1n) is 8.30. The molecule has 4 atom stereocenters. The SMILES string of the molecule is C[SiH](C)OC(=O)C12C=CC(C1)C(C(C)(C)C)C2C(C)(C)C. The van der Waals surface area contributed by atoms with E-state index < -0.39 is 9.04 Å². The van der Waals surface area contributed by atoms with Gasteiger partial charge < -0.3 is 4.43 Å². The Hall–Kier alpha value is -0.573. The molecule has 4 unspecified atom stereocenters. The van der Waals surface area contributed by atoms with Gasteiger partial charge in [-0.05, 0) is 48.1 Å². The summed E-state index contributed by atoms with van der Waals surface area (Å²) >= 11 is 0. The molecule has 0 aromatic heterocycles. The minimum atomic E-state index is -1.35. The average molecular weight is 309 g/mol. The smallest absolute Gasteiger partial charge is 0.302 e. The van der Waals surface area contributed by atoms with Gasteiger partial charge in [-0.15, -0.1) is 0 Å². The van der Waals surface area contributed by atoms with E-state index in [-0.39, 0.29) is 22.2 Å². The van der Waals surface area contributed by atoms with Crippen molar-refractivity contribution in [2.45, 2.75) is 61.1 Å². The zero-order chi connectivity index (χ0) is 16.2.